The number of amides is 1. The Labute approximate surface area is 138 Å². The van der Waals surface area contributed by atoms with Crippen LogP contribution in [0, 0.1) is 5.92 Å². The summed E-state index contributed by atoms with van der Waals surface area (Å²) in [6.07, 6.45) is 0.907. The van der Waals surface area contributed by atoms with Crippen LogP contribution in [-0.2, 0) is 4.79 Å². The van der Waals surface area contributed by atoms with Crippen LogP contribution in [0.3, 0.4) is 0 Å². The number of para-hydroxylation sites is 2. The van der Waals surface area contributed by atoms with Crippen molar-refractivity contribution in [3.63, 3.8) is 0 Å². The van der Waals surface area contributed by atoms with Crippen molar-refractivity contribution in [2.45, 2.75) is 39.3 Å². The van der Waals surface area contributed by atoms with E-state index in [1.807, 2.05) is 61.2 Å². The molecule has 0 fully saturated rings. The molecule has 3 nitrogen and oxygen atoms in total. The Morgan fingerprint density at radius 1 is 1.09 bits per heavy atom. The van der Waals surface area contributed by atoms with Crippen molar-refractivity contribution >= 4 is 17.3 Å². The second kappa shape index (κ2) is 6.45. The minimum atomic E-state index is -0.0347. The van der Waals surface area contributed by atoms with Crippen LogP contribution >= 0.6 is 0 Å². The van der Waals surface area contributed by atoms with Crippen LogP contribution in [-0.4, -0.2) is 11.9 Å². The van der Waals surface area contributed by atoms with Crippen molar-refractivity contribution in [2.75, 3.05) is 10.2 Å². The highest BCUT2D eigenvalue weighted by Gasteiger charge is 2.33. The zero-order chi connectivity index (χ0) is 16.4. The van der Waals surface area contributed by atoms with Gasteiger partial charge in [0.1, 0.15) is 0 Å². The van der Waals surface area contributed by atoms with E-state index in [-0.39, 0.29) is 17.9 Å². The number of benzene rings is 2. The van der Waals surface area contributed by atoms with Gasteiger partial charge in [0.25, 0.3) is 0 Å². The normalized spacial score (nSPS) is 19.8. The Kier molecular flexibility index (Phi) is 4.37. The maximum absolute atomic E-state index is 13.0. The Morgan fingerprint density at radius 3 is 2.43 bits per heavy atom. The molecule has 0 bridgehead atoms. The molecular weight excluding hydrogens is 284 g/mol. The van der Waals surface area contributed by atoms with Crippen LogP contribution < -0.4 is 10.2 Å². The van der Waals surface area contributed by atoms with E-state index in [1.165, 1.54) is 5.56 Å². The molecule has 2 atom stereocenters. The largest absolute Gasteiger partial charge is 0.382 e. The number of nitrogens with one attached hydrogen (secondary N) is 1. The third kappa shape index (κ3) is 3.09. The van der Waals surface area contributed by atoms with Crippen LogP contribution in [0.1, 0.15) is 38.8 Å². The number of carbonyl (C=O) groups excluding carboxylic acids is 1. The van der Waals surface area contributed by atoms with E-state index in [1.54, 1.807) is 0 Å². The molecule has 1 amide bonds. The van der Waals surface area contributed by atoms with Gasteiger partial charge in [0.15, 0.2) is 0 Å². The van der Waals surface area contributed by atoms with Gasteiger partial charge in [-0.1, -0.05) is 50.2 Å². The molecule has 0 aliphatic carbocycles. The number of anilines is 2. The van der Waals surface area contributed by atoms with Gasteiger partial charge in [-0.15, -0.1) is 0 Å². The van der Waals surface area contributed by atoms with Gasteiger partial charge in [-0.25, -0.2) is 0 Å². The molecule has 3 rings (SSSR count). The van der Waals surface area contributed by atoms with E-state index in [9.17, 15) is 4.79 Å². The lowest BCUT2D eigenvalue weighted by Gasteiger charge is -2.39. The average Bonchev–Trinajstić information content (AvgIpc) is 2.55. The number of nitrogens with zero attached hydrogens (tertiary/aromatic N) is 1. The molecule has 2 aromatic rings. The smallest absolute Gasteiger partial charge is 0.230 e. The topological polar surface area (TPSA) is 32.3 Å². The summed E-state index contributed by atoms with van der Waals surface area (Å²) in [6.45, 7) is 6.11. The number of carbonyl (C=O) groups is 1. The van der Waals surface area contributed by atoms with E-state index in [2.05, 4.69) is 24.4 Å². The summed E-state index contributed by atoms with van der Waals surface area (Å²) in [4.78, 5) is 15.0. The van der Waals surface area contributed by atoms with E-state index in [0.717, 1.165) is 17.8 Å². The second-order valence-electron chi connectivity index (χ2n) is 6.58. The van der Waals surface area contributed by atoms with Crippen LogP contribution in [0.2, 0.25) is 0 Å². The lowest BCUT2D eigenvalue weighted by atomic mass is 9.91. The van der Waals surface area contributed by atoms with Gasteiger partial charge in [0.2, 0.25) is 5.91 Å². The van der Waals surface area contributed by atoms with E-state index in [4.69, 9.17) is 0 Å². The van der Waals surface area contributed by atoms with Crippen molar-refractivity contribution in [3.05, 3.63) is 60.2 Å². The number of fused-ring (bicyclic) bond motifs is 1. The third-order valence-electron chi connectivity index (χ3n) is 4.38. The molecule has 2 aromatic carbocycles. The SMILES string of the molecule is CC(C)C(=O)N(c1ccccc1)[C@@H]1C[C@H](C)Nc2ccccc21. The first-order chi connectivity index (χ1) is 11.1. The Bertz CT molecular complexity index is 681. The molecule has 3 heteroatoms. The summed E-state index contributed by atoms with van der Waals surface area (Å²) >= 11 is 0. The minimum absolute atomic E-state index is 0.0347. The van der Waals surface area contributed by atoms with Gasteiger partial charge >= 0.3 is 0 Å². The van der Waals surface area contributed by atoms with Crippen molar-refractivity contribution in [2.24, 2.45) is 5.92 Å². The zero-order valence-electron chi connectivity index (χ0n) is 14.0. The molecule has 0 saturated heterocycles. The molecular formula is C20H24N2O. The minimum Gasteiger partial charge on any atom is -0.382 e. The van der Waals surface area contributed by atoms with Crippen LogP contribution in [0.4, 0.5) is 11.4 Å². The fraction of sp³-hybridized carbons (Fsp3) is 0.350. The number of rotatable bonds is 3. The molecule has 0 spiro atoms. The molecule has 1 heterocycles. The lowest BCUT2D eigenvalue weighted by molar-refractivity contribution is -0.122. The van der Waals surface area contributed by atoms with Gasteiger partial charge in [0, 0.05) is 23.3 Å². The molecule has 1 aliphatic rings. The van der Waals surface area contributed by atoms with Crippen LogP contribution in [0.25, 0.3) is 0 Å². The van der Waals surface area contributed by atoms with Gasteiger partial charge in [-0.05, 0) is 37.1 Å². The number of hydrogen-bond donors (Lipinski definition) is 1. The Balaban J connectivity index is 2.08. The summed E-state index contributed by atoms with van der Waals surface area (Å²) in [6, 6.07) is 18.7. The van der Waals surface area contributed by atoms with Crippen molar-refractivity contribution in [3.8, 4) is 0 Å². The van der Waals surface area contributed by atoms with Crippen molar-refractivity contribution in [1.82, 2.24) is 0 Å². The van der Waals surface area contributed by atoms with E-state index < -0.39 is 0 Å². The van der Waals surface area contributed by atoms with Gasteiger partial charge < -0.3 is 10.2 Å². The summed E-state index contributed by atoms with van der Waals surface area (Å²) in [5.41, 5.74) is 3.30. The molecule has 1 N–H and O–H groups in total. The maximum Gasteiger partial charge on any atom is 0.230 e. The predicted octanol–water partition coefficient (Wildman–Crippen LogP) is 4.62. The van der Waals surface area contributed by atoms with Gasteiger partial charge in [-0.3, -0.25) is 4.79 Å². The standard InChI is InChI=1S/C20H24N2O/c1-14(2)20(23)22(16-9-5-4-6-10-16)19-13-15(3)21-18-12-8-7-11-17(18)19/h4-12,14-15,19,21H,13H2,1-3H3/t15-,19+/m0/s1. The highest BCUT2D eigenvalue weighted by atomic mass is 16.2. The summed E-state index contributed by atoms with van der Waals surface area (Å²) in [5, 5.41) is 3.53. The quantitative estimate of drug-likeness (QED) is 0.897. The molecule has 23 heavy (non-hydrogen) atoms. The Hall–Kier alpha value is -2.29. The highest BCUT2D eigenvalue weighted by Crippen LogP contribution is 2.39. The molecule has 0 saturated carbocycles. The zero-order valence-corrected chi connectivity index (χ0v) is 14.0. The lowest BCUT2D eigenvalue weighted by Crippen LogP contribution is -2.42. The molecule has 120 valence electrons. The molecule has 0 unspecified atom stereocenters. The maximum atomic E-state index is 13.0. The fourth-order valence-corrected chi connectivity index (χ4v) is 3.28. The summed E-state index contributed by atoms with van der Waals surface area (Å²) < 4.78 is 0. The molecule has 1 aliphatic heterocycles. The average molecular weight is 308 g/mol. The van der Waals surface area contributed by atoms with Gasteiger partial charge in [0.05, 0.1) is 6.04 Å². The first-order valence-electron chi connectivity index (χ1n) is 8.31. The second-order valence-corrected chi connectivity index (χ2v) is 6.58. The van der Waals surface area contributed by atoms with Crippen molar-refractivity contribution < 1.29 is 4.79 Å². The van der Waals surface area contributed by atoms with Crippen molar-refractivity contribution in [1.29, 1.82) is 0 Å². The Morgan fingerprint density at radius 2 is 1.74 bits per heavy atom. The third-order valence-corrected chi connectivity index (χ3v) is 4.38. The van der Waals surface area contributed by atoms with Crippen LogP contribution in [0.15, 0.2) is 54.6 Å². The van der Waals surface area contributed by atoms with E-state index in [0.29, 0.717) is 6.04 Å². The van der Waals surface area contributed by atoms with Gasteiger partial charge in [-0.2, -0.15) is 0 Å². The number of hydrogen-bond acceptors (Lipinski definition) is 2. The summed E-state index contributed by atoms with van der Waals surface area (Å²) in [7, 11) is 0. The van der Waals surface area contributed by atoms with Crippen LogP contribution in [0.5, 0.6) is 0 Å². The molecule has 0 radical (unpaired) electrons. The highest BCUT2D eigenvalue weighted by molar-refractivity contribution is 5.95. The summed E-state index contributed by atoms with van der Waals surface area (Å²) in [5.74, 6) is 0.137. The first-order valence-corrected chi connectivity index (χ1v) is 8.31. The fourth-order valence-electron chi connectivity index (χ4n) is 3.28. The molecule has 0 aromatic heterocycles. The predicted molar refractivity (Wildman–Crippen MR) is 95.7 cm³/mol. The monoisotopic (exact) mass is 308 g/mol. The van der Waals surface area contributed by atoms with E-state index >= 15 is 0 Å². The first kappa shape index (κ1) is 15.6.